The highest BCUT2D eigenvalue weighted by atomic mass is 32.2. The van der Waals surface area contributed by atoms with Crippen LogP contribution in [0.2, 0.25) is 0 Å². The van der Waals surface area contributed by atoms with Crippen LogP contribution in [0.1, 0.15) is 45.1 Å². The minimum atomic E-state index is -3.73. The fraction of sp³-hybridized carbons (Fsp3) is 0.364. The summed E-state index contributed by atoms with van der Waals surface area (Å²) in [5, 5.41) is 4.62. The Morgan fingerprint density at radius 3 is 2.50 bits per heavy atom. The molecule has 0 bridgehead atoms. The maximum atomic E-state index is 13.0. The molecule has 0 aliphatic carbocycles. The lowest BCUT2D eigenvalue weighted by Gasteiger charge is -2.15. The lowest BCUT2D eigenvalue weighted by atomic mass is 10.0. The van der Waals surface area contributed by atoms with Crippen LogP contribution in [0.15, 0.2) is 52.3 Å². The predicted molar refractivity (Wildman–Crippen MR) is 121 cm³/mol. The highest BCUT2D eigenvalue weighted by Gasteiger charge is 2.27. The first-order chi connectivity index (χ1) is 14.2. The molecule has 2 N–H and O–H groups in total. The number of nitrogens with one attached hydrogen (secondary N) is 2. The maximum Gasteiger partial charge on any atom is 0.225 e. The molecule has 0 fully saturated rings. The quantitative estimate of drug-likeness (QED) is 0.685. The second-order valence-corrected chi connectivity index (χ2v) is 11.2. The second-order valence-electron chi connectivity index (χ2n) is 7.69. The zero-order valence-electron chi connectivity index (χ0n) is 17.3. The number of sulfone groups is 1. The van der Waals surface area contributed by atoms with Crippen molar-refractivity contribution in [3.63, 3.8) is 0 Å². The maximum absolute atomic E-state index is 13.0. The van der Waals surface area contributed by atoms with Gasteiger partial charge in [0.25, 0.3) is 0 Å². The first-order valence-corrected chi connectivity index (χ1v) is 12.4. The Hall–Kier alpha value is -2.32. The third-order valence-corrected chi connectivity index (χ3v) is 8.22. The standard InChI is InChI=1S/C22H26N2O4S2/c1-14(2)16-4-6-17(7-5-16)23-22(26)12-15(3)30(27,28)18-8-9-20-19(13-18)24-21(25)10-11-29-20/h4-9,13-15H,10-12H2,1-3H3,(H,23,26)(H,24,25)/t15-/m1/s1. The van der Waals surface area contributed by atoms with Crippen LogP contribution >= 0.6 is 11.8 Å². The van der Waals surface area contributed by atoms with Crippen molar-refractivity contribution in [2.24, 2.45) is 0 Å². The molecule has 30 heavy (non-hydrogen) atoms. The molecule has 0 aromatic heterocycles. The molecule has 1 aliphatic heterocycles. The van der Waals surface area contributed by atoms with Crippen molar-refractivity contribution < 1.29 is 18.0 Å². The van der Waals surface area contributed by atoms with Gasteiger partial charge in [-0.1, -0.05) is 26.0 Å². The minimum absolute atomic E-state index is 0.102. The van der Waals surface area contributed by atoms with Crippen LogP contribution < -0.4 is 10.6 Å². The normalized spacial score (nSPS) is 15.1. The van der Waals surface area contributed by atoms with Gasteiger partial charge in [0.05, 0.1) is 15.8 Å². The number of rotatable bonds is 6. The number of anilines is 2. The van der Waals surface area contributed by atoms with E-state index in [-0.39, 0.29) is 23.1 Å². The van der Waals surface area contributed by atoms with E-state index >= 15 is 0 Å². The summed E-state index contributed by atoms with van der Waals surface area (Å²) in [5.74, 6) is 0.553. The zero-order chi connectivity index (χ0) is 21.9. The van der Waals surface area contributed by atoms with Crippen LogP contribution in [0.4, 0.5) is 11.4 Å². The summed E-state index contributed by atoms with van der Waals surface area (Å²) in [7, 11) is -3.73. The number of carbonyl (C=O) groups excluding carboxylic acids is 2. The Morgan fingerprint density at radius 2 is 1.83 bits per heavy atom. The highest BCUT2D eigenvalue weighted by molar-refractivity contribution is 7.99. The second kappa shape index (κ2) is 9.22. The molecule has 3 rings (SSSR count). The Kier molecular flexibility index (Phi) is 6.88. The molecule has 0 unspecified atom stereocenters. The van der Waals surface area contributed by atoms with Gasteiger partial charge in [0.1, 0.15) is 0 Å². The van der Waals surface area contributed by atoms with E-state index in [2.05, 4.69) is 24.5 Å². The van der Waals surface area contributed by atoms with Gasteiger partial charge >= 0.3 is 0 Å². The van der Waals surface area contributed by atoms with Crippen LogP contribution in [0, 0.1) is 0 Å². The number of hydrogen-bond acceptors (Lipinski definition) is 5. The van der Waals surface area contributed by atoms with Crippen molar-refractivity contribution in [2.45, 2.75) is 54.6 Å². The van der Waals surface area contributed by atoms with Gasteiger partial charge in [0.15, 0.2) is 9.84 Å². The fourth-order valence-corrected chi connectivity index (χ4v) is 5.45. The number of amides is 2. The average Bonchev–Trinajstić information content (AvgIpc) is 2.88. The van der Waals surface area contributed by atoms with Gasteiger partial charge in [-0.2, -0.15) is 0 Å². The number of fused-ring (bicyclic) bond motifs is 1. The number of thioether (sulfide) groups is 1. The van der Waals surface area contributed by atoms with Gasteiger partial charge in [0.2, 0.25) is 11.8 Å². The summed E-state index contributed by atoms with van der Waals surface area (Å²) in [6.07, 6.45) is 0.225. The first-order valence-electron chi connectivity index (χ1n) is 9.87. The molecule has 2 amide bonds. The molecule has 0 saturated heterocycles. The highest BCUT2D eigenvalue weighted by Crippen LogP contribution is 2.33. The van der Waals surface area contributed by atoms with Gasteiger partial charge in [0, 0.05) is 29.2 Å². The summed E-state index contributed by atoms with van der Waals surface area (Å²) in [6.45, 7) is 5.70. The van der Waals surface area contributed by atoms with Crippen molar-refractivity contribution in [3.05, 3.63) is 48.0 Å². The van der Waals surface area contributed by atoms with E-state index in [4.69, 9.17) is 0 Å². The van der Waals surface area contributed by atoms with Gasteiger partial charge in [-0.3, -0.25) is 9.59 Å². The molecule has 2 aromatic rings. The van der Waals surface area contributed by atoms with Crippen LogP contribution in [-0.2, 0) is 19.4 Å². The third kappa shape index (κ3) is 5.23. The number of hydrogen-bond donors (Lipinski definition) is 2. The molecule has 160 valence electrons. The number of benzene rings is 2. The Balaban J connectivity index is 1.70. The lowest BCUT2D eigenvalue weighted by Crippen LogP contribution is -2.25. The van der Waals surface area contributed by atoms with Crippen molar-refractivity contribution in [2.75, 3.05) is 16.4 Å². The van der Waals surface area contributed by atoms with Crippen molar-refractivity contribution in [1.29, 1.82) is 0 Å². The van der Waals surface area contributed by atoms with E-state index in [1.54, 1.807) is 6.07 Å². The van der Waals surface area contributed by atoms with E-state index in [9.17, 15) is 18.0 Å². The van der Waals surface area contributed by atoms with E-state index in [0.29, 0.717) is 29.5 Å². The fourth-order valence-electron chi connectivity index (χ4n) is 3.14. The Bertz CT molecular complexity index is 1050. The molecule has 1 atom stereocenters. The molecule has 1 heterocycles. The smallest absolute Gasteiger partial charge is 0.225 e. The van der Waals surface area contributed by atoms with Crippen LogP contribution in [0.3, 0.4) is 0 Å². The molecule has 8 heteroatoms. The van der Waals surface area contributed by atoms with Crippen LogP contribution in [0.5, 0.6) is 0 Å². The van der Waals surface area contributed by atoms with Crippen molar-refractivity contribution in [3.8, 4) is 0 Å². The largest absolute Gasteiger partial charge is 0.326 e. The topological polar surface area (TPSA) is 92.3 Å². The van der Waals surface area contributed by atoms with Crippen LogP contribution in [-0.4, -0.2) is 31.2 Å². The van der Waals surface area contributed by atoms with E-state index in [0.717, 1.165) is 10.5 Å². The molecule has 6 nitrogen and oxygen atoms in total. The number of carbonyl (C=O) groups is 2. The van der Waals surface area contributed by atoms with E-state index < -0.39 is 15.1 Å². The lowest BCUT2D eigenvalue weighted by molar-refractivity contribution is -0.116. The summed E-state index contributed by atoms with van der Waals surface area (Å²) in [4.78, 5) is 25.1. The SMILES string of the molecule is CC(C)c1ccc(NC(=O)C[C@@H](C)S(=O)(=O)c2ccc3c(c2)NC(=O)CCS3)cc1. The Morgan fingerprint density at radius 1 is 1.13 bits per heavy atom. The molecular weight excluding hydrogens is 420 g/mol. The average molecular weight is 447 g/mol. The molecule has 0 radical (unpaired) electrons. The zero-order valence-corrected chi connectivity index (χ0v) is 18.9. The summed E-state index contributed by atoms with van der Waals surface area (Å²) in [6, 6.07) is 12.3. The van der Waals surface area contributed by atoms with Gasteiger partial charge in [-0.25, -0.2) is 8.42 Å². The molecule has 0 saturated carbocycles. The monoisotopic (exact) mass is 446 g/mol. The van der Waals surface area contributed by atoms with E-state index in [1.807, 2.05) is 24.3 Å². The van der Waals surface area contributed by atoms with Crippen molar-refractivity contribution in [1.82, 2.24) is 0 Å². The van der Waals surface area contributed by atoms with Crippen molar-refractivity contribution >= 4 is 44.8 Å². The molecule has 2 aromatic carbocycles. The first kappa shape index (κ1) is 22.4. The summed E-state index contributed by atoms with van der Waals surface area (Å²) in [5.41, 5.74) is 2.31. The third-order valence-electron chi connectivity index (χ3n) is 5.00. The van der Waals surface area contributed by atoms with Gasteiger partial charge in [-0.15, -0.1) is 11.8 Å². The Labute approximate surface area is 181 Å². The van der Waals surface area contributed by atoms with Gasteiger partial charge < -0.3 is 10.6 Å². The summed E-state index contributed by atoms with van der Waals surface area (Å²) >= 11 is 1.51. The van der Waals surface area contributed by atoms with E-state index in [1.165, 1.54) is 30.8 Å². The molecule has 0 spiro atoms. The summed E-state index contributed by atoms with van der Waals surface area (Å²) < 4.78 is 26.0. The molecule has 1 aliphatic rings. The molecular formula is C22H26N2O4S2. The predicted octanol–water partition coefficient (Wildman–Crippen LogP) is 4.44. The van der Waals surface area contributed by atoms with Crippen LogP contribution in [0.25, 0.3) is 0 Å². The van der Waals surface area contributed by atoms with Gasteiger partial charge in [-0.05, 0) is 48.7 Å². The minimum Gasteiger partial charge on any atom is -0.326 e.